The second kappa shape index (κ2) is 5.29. The van der Waals surface area contributed by atoms with Crippen molar-refractivity contribution in [3.8, 4) is 0 Å². The van der Waals surface area contributed by atoms with Gasteiger partial charge in [0, 0.05) is 26.1 Å². The van der Waals surface area contributed by atoms with E-state index in [1.54, 1.807) is 7.05 Å². The molecule has 1 fully saturated rings. The largest absolute Gasteiger partial charge is 0.397 e. The van der Waals surface area contributed by atoms with Gasteiger partial charge in [-0.1, -0.05) is 6.07 Å². The first-order chi connectivity index (χ1) is 8.61. The number of hydrogen-bond acceptors (Lipinski definition) is 3. The Morgan fingerprint density at radius 1 is 1.39 bits per heavy atom. The quantitative estimate of drug-likeness (QED) is 0.779. The first-order valence-corrected chi connectivity index (χ1v) is 6.44. The molecule has 4 nitrogen and oxygen atoms in total. The van der Waals surface area contributed by atoms with Crippen LogP contribution in [0.5, 0.6) is 0 Å². The molecule has 0 aromatic heterocycles. The molecule has 98 valence electrons. The van der Waals surface area contributed by atoms with Crippen molar-refractivity contribution in [2.45, 2.75) is 19.8 Å². The number of rotatable bonds is 2. The van der Waals surface area contributed by atoms with Gasteiger partial charge in [-0.15, -0.1) is 0 Å². The highest BCUT2D eigenvalue weighted by molar-refractivity contribution is 5.79. The molecule has 1 saturated heterocycles. The number of amides is 1. The second-order valence-corrected chi connectivity index (χ2v) is 4.94. The smallest absolute Gasteiger partial charge is 0.222 e. The maximum atomic E-state index is 11.6. The second-order valence-electron chi connectivity index (χ2n) is 4.94. The van der Waals surface area contributed by atoms with Crippen molar-refractivity contribution in [3.63, 3.8) is 0 Å². The van der Waals surface area contributed by atoms with E-state index in [9.17, 15) is 4.79 Å². The van der Waals surface area contributed by atoms with E-state index >= 15 is 0 Å². The summed E-state index contributed by atoms with van der Waals surface area (Å²) < 4.78 is 0. The lowest BCUT2D eigenvalue weighted by Gasteiger charge is -2.33. The summed E-state index contributed by atoms with van der Waals surface area (Å²) in [7, 11) is 1.70. The molecule has 1 heterocycles. The fraction of sp³-hybridized carbons (Fsp3) is 0.500. The third kappa shape index (κ3) is 2.58. The monoisotopic (exact) mass is 247 g/mol. The van der Waals surface area contributed by atoms with E-state index < -0.39 is 0 Å². The summed E-state index contributed by atoms with van der Waals surface area (Å²) in [6.07, 6.45) is 1.79. The van der Waals surface area contributed by atoms with Gasteiger partial charge in [0.25, 0.3) is 0 Å². The van der Waals surface area contributed by atoms with Gasteiger partial charge in [-0.05, 0) is 37.5 Å². The van der Waals surface area contributed by atoms with Crippen molar-refractivity contribution >= 4 is 17.3 Å². The van der Waals surface area contributed by atoms with E-state index in [0.29, 0.717) is 0 Å². The van der Waals surface area contributed by atoms with Crippen molar-refractivity contribution in [2.75, 3.05) is 30.8 Å². The molecule has 0 radical (unpaired) electrons. The average Bonchev–Trinajstić information content (AvgIpc) is 2.38. The Kier molecular flexibility index (Phi) is 3.75. The number of nitrogens with one attached hydrogen (secondary N) is 1. The van der Waals surface area contributed by atoms with Gasteiger partial charge in [0.2, 0.25) is 5.91 Å². The number of nitrogen functional groups attached to an aromatic ring is 1. The summed E-state index contributed by atoms with van der Waals surface area (Å²) in [5.74, 6) is 0.310. The van der Waals surface area contributed by atoms with E-state index in [4.69, 9.17) is 5.73 Å². The Labute approximate surface area is 108 Å². The van der Waals surface area contributed by atoms with Crippen LogP contribution in [0, 0.1) is 12.8 Å². The molecule has 18 heavy (non-hydrogen) atoms. The maximum Gasteiger partial charge on any atom is 0.222 e. The molecule has 0 unspecified atom stereocenters. The number of piperidine rings is 1. The molecule has 1 aromatic rings. The van der Waals surface area contributed by atoms with Crippen LogP contribution in [0.4, 0.5) is 11.4 Å². The van der Waals surface area contributed by atoms with E-state index in [-0.39, 0.29) is 11.8 Å². The van der Waals surface area contributed by atoms with Gasteiger partial charge in [0.15, 0.2) is 0 Å². The topological polar surface area (TPSA) is 58.4 Å². The van der Waals surface area contributed by atoms with Crippen LogP contribution >= 0.6 is 0 Å². The molecule has 0 aliphatic carbocycles. The van der Waals surface area contributed by atoms with Crippen LogP contribution in [-0.4, -0.2) is 26.0 Å². The summed E-state index contributed by atoms with van der Waals surface area (Å²) in [5.41, 5.74) is 9.15. The van der Waals surface area contributed by atoms with Crippen molar-refractivity contribution < 1.29 is 4.79 Å². The number of anilines is 2. The molecule has 2 rings (SSSR count). The predicted molar refractivity (Wildman–Crippen MR) is 74.6 cm³/mol. The van der Waals surface area contributed by atoms with Gasteiger partial charge in [0.05, 0.1) is 11.4 Å². The summed E-state index contributed by atoms with van der Waals surface area (Å²) >= 11 is 0. The summed E-state index contributed by atoms with van der Waals surface area (Å²) in [6.45, 7) is 3.83. The van der Waals surface area contributed by atoms with Crippen LogP contribution in [0.1, 0.15) is 18.4 Å². The van der Waals surface area contributed by atoms with Crippen LogP contribution in [0.3, 0.4) is 0 Å². The Bertz CT molecular complexity index is 437. The molecule has 1 aromatic carbocycles. The third-order valence-electron chi connectivity index (χ3n) is 3.64. The minimum Gasteiger partial charge on any atom is -0.397 e. The SMILES string of the molecule is CNC(=O)C1CCN(c2ccc(C)cc2N)CC1. The zero-order valence-corrected chi connectivity index (χ0v) is 11.1. The zero-order chi connectivity index (χ0) is 13.1. The maximum absolute atomic E-state index is 11.6. The molecule has 1 aliphatic rings. The lowest BCUT2D eigenvalue weighted by Crippen LogP contribution is -2.39. The van der Waals surface area contributed by atoms with Crippen LogP contribution in [0.15, 0.2) is 18.2 Å². The van der Waals surface area contributed by atoms with Crippen LogP contribution in [-0.2, 0) is 4.79 Å². The van der Waals surface area contributed by atoms with Crippen LogP contribution < -0.4 is 16.0 Å². The lowest BCUT2D eigenvalue weighted by molar-refractivity contribution is -0.125. The first-order valence-electron chi connectivity index (χ1n) is 6.44. The number of aryl methyl sites for hydroxylation is 1. The fourth-order valence-electron chi connectivity index (χ4n) is 2.55. The molecular formula is C14H21N3O. The Morgan fingerprint density at radius 2 is 2.06 bits per heavy atom. The van der Waals surface area contributed by atoms with Gasteiger partial charge in [-0.2, -0.15) is 0 Å². The summed E-state index contributed by atoms with van der Waals surface area (Å²) in [5, 5.41) is 2.73. The fourth-order valence-corrected chi connectivity index (χ4v) is 2.55. The van der Waals surface area contributed by atoms with Gasteiger partial charge in [-0.3, -0.25) is 4.79 Å². The standard InChI is InChI=1S/C14H21N3O/c1-10-3-4-13(12(15)9-10)17-7-5-11(6-8-17)14(18)16-2/h3-4,9,11H,5-8,15H2,1-2H3,(H,16,18). The van der Waals surface area contributed by atoms with Crippen molar-refractivity contribution in [2.24, 2.45) is 5.92 Å². The van der Waals surface area contributed by atoms with Crippen LogP contribution in [0.25, 0.3) is 0 Å². The summed E-state index contributed by atoms with van der Waals surface area (Å²) in [4.78, 5) is 13.8. The third-order valence-corrected chi connectivity index (χ3v) is 3.64. The highest BCUT2D eigenvalue weighted by atomic mass is 16.1. The minimum absolute atomic E-state index is 0.151. The zero-order valence-electron chi connectivity index (χ0n) is 11.1. The highest BCUT2D eigenvalue weighted by Crippen LogP contribution is 2.28. The normalized spacial score (nSPS) is 16.7. The molecular weight excluding hydrogens is 226 g/mol. The van der Waals surface area contributed by atoms with E-state index in [1.807, 2.05) is 13.0 Å². The van der Waals surface area contributed by atoms with Crippen LogP contribution in [0.2, 0.25) is 0 Å². The molecule has 0 bridgehead atoms. The Hall–Kier alpha value is -1.71. The van der Waals surface area contributed by atoms with E-state index in [2.05, 4.69) is 22.3 Å². The number of hydrogen-bond donors (Lipinski definition) is 2. The summed E-state index contributed by atoms with van der Waals surface area (Å²) in [6, 6.07) is 6.15. The molecule has 1 amide bonds. The number of nitrogens with two attached hydrogens (primary N) is 1. The molecule has 1 aliphatic heterocycles. The van der Waals surface area contributed by atoms with Gasteiger partial charge >= 0.3 is 0 Å². The van der Waals surface area contributed by atoms with Gasteiger partial charge < -0.3 is 16.0 Å². The van der Waals surface area contributed by atoms with E-state index in [0.717, 1.165) is 37.3 Å². The van der Waals surface area contributed by atoms with Crippen molar-refractivity contribution in [3.05, 3.63) is 23.8 Å². The highest BCUT2D eigenvalue weighted by Gasteiger charge is 2.24. The first kappa shape index (κ1) is 12.7. The minimum atomic E-state index is 0.151. The lowest BCUT2D eigenvalue weighted by atomic mass is 9.95. The van der Waals surface area contributed by atoms with Gasteiger partial charge in [0.1, 0.15) is 0 Å². The molecule has 3 N–H and O–H groups in total. The molecule has 0 spiro atoms. The average molecular weight is 247 g/mol. The predicted octanol–water partition coefficient (Wildman–Crippen LogP) is 1.54. The molecule has 0 saturated carbocycles. The number of nitrogens with zero attached hydrogens (tertiary/aromatic N) is 1. The Balaban J connectivity index is 2.03. The van der Waals surface area contributed by atoms with E-state index in [1.165, 1.54) is 5.56 Å². The van der Waals surface area contributed by atoms with Gasteiger partial charge in [-0.25, -0.2) is 0 Å². The molecule has 4 heteroatoms. The molecule has 0 atom stereocenters. The number of carbonyl (C=O) groups excluding carboxylic acids is 1. The Morgan fingerprint density at radius 3 is 2.61 bits per heavy atom. The number of benzene rings is 1. The van der Waals surface area contributed by atoms with Crippen molar-refractivity contribution in [1.82, 2.24) is 5.32 Å². The number of carbonyl (C=O) groups is 1. The van der Waals surface area contributed by atoms with Crippen molar-refractivity contribution in [1.29, 1.82) is 0 Å².